The maximum Gasteiger partial charge on any atom is 0.295 e. The Morgan fingerprint density at radius 2 is 1.83 bits per heavy atom. The molecule has 0 saturated heterocycles. The summed E-state index contributed by atoms with van der Waals surface area (Å²) in [4.78, 5) is 0. The molecule has 0 radical (unpaired) electrons. The molecule has 0 saturated carbocycles. The maximum absolute atomic E-state index is 2.57. The van der Waals surface area contributed by atoms with Crippen LogP contribution in [0.2, 0.25) is 0 Å². The van der Waals surface area contributed by atoms with Crippen molar-refractivity contribution >= 4 is 27.3 Å². The van der Waals surface area contributed by atoms with Crippen LogP contribution in [-0.2, 0) is 18.4 Å². The highest BCUT2D eigenvalue weighted by Crippen LogP contribution is 2.42. The predicted octanol–water partition coefficient (Wildman–Crippen LogP) is 4.04. The third-order valence-electron chi connectivity index (χ3n) is 6.15. The van der Waals surface area contributed by atoms with E-state index in [1.807, 2.05) is 0 Å². The molecule has 2 aliphatic heterocycles. The number of rotatable bonds is 0. The second-order valence-corrected chi connectivity index (χ2v) is 7.88. The zero-order chi connectivity index (χ0) is 15.5. The zero-order valence-corrected chi connectivity index (χ0v) is 13.8. The van der Waals surface area contributed by atoms with Gasteiger partial charge >= 0.3 is 0 Å². The Labute approximate surface area is 135 Å². The van der Waals surface area contributed by atoms with Crippen LogP contribution in [0.1, 0.15) is 36.4 Å². The van der Waals surface area contributed by atoms with Crippen molar-refractivity contribution < 1.29 is 4.40 Å². The topological polar surface area (TPSA) is 9.03 Å². The van der Waals surface area contributed by atoms with Crippen molar-refractivity contribution in [2.45, 2.75) is 39.2 Å². The van der Waals surface area contributed by atoms with Crippen molar-refractivity contribution in [1.82, 2.24) is 4.57 Å². The van der Waals surface area contributed by atoms with Gasteiger partial charge in [0.05, 0.1) is 5.39 Å². The fourth-order valence-electron chi connectivity index (χ4n) is 5.07. The Morgan fingerprint density at radius 1 is 1.04 bits per heavy atom. The van der Waals surface area contributed by atoms with Crippen LogP contribution < -0.4 is 4.40 Å². The summed E-state index contributed by atoms with van der Waals surface area (Å²) in [6.07, 6.45) is 1.12. The standard InChI is InChI=1S/C21H19N2/c1-12-17-10-21(2,3)16-9-5-8-15-14-7-4-6-13-11-22(12)20(18(13)14)23(17)19(15)16/h4-9H,10-11H2,1-3H3/q+1. The van der Waals surface area contributed by atoms with Crippen molar-refractivity contribution in [3.63, 3.8) is 0 Å². The first-order valence-electron chi connectivity index (χ1n) is 8.48. The molecule has 0 amide bonds. The lowest BCUT2D eigenvalue weighted by atomic mass is 9.77. The lowest BCUT2D eigenvalue weighted by Gasteiger charge is -2.28. The molecule has 2 aromatic heterocycles. The molecule has 6 rings (SSSR count). The van der Waals surface area contributed by atoms with Crippen LogP contribution in [0.3, 0.4) is 0 Å². The molecule has 0 N–H and O–H groups in total. The van der Waals surface area contributed by atoms with E-state index < -0.39 is 0 Å². The van der Waals surface area contributed by atoms with Crippen LogP contribution >= 0.6 is 0 Å². The molecule has 0 aliphatic carbocycles. The first-order chi connectivity index (χ1) is 11.1. The largest absolute Gasteiger partial charge is 0.295 e. The molecular formula is C21H19N2+. The van der Waals surface area contributed by atoms with Crippen LogP contribution in [0.25, 0.3) is 27.3 Å². The molecule has 2 aliphatic rings. The Balaban J connectivity index is 2.08. The van der Waals surface area contributed by atoms with Gasteiger partial charge in [0, 0.05) is 40.7 Å². The molecule has 23 heavy (non-hydrogen) atoms. The van der Waals surface area contributed by atoms with Gasteiger partial charge in [0.15, 0.2) is 5.69 Å². The van der Waals surface area contributed by atoms with Crippen molar-refractivity contribution in [2.24, 2.45) is 0 Å². The number of hydrogen-bond acceptors (Lipinski definition) is 0. The van der Waals surface area contributed by atoms with E-state index in [-0.39, 0.29) is 5.41 Å². The molecule has 0 atom stereocenters. The van der Waals surface area contributed by atoms with E-state index >= 15 is 0 Å². The van der Waals surface area contributed by atoms with Crippen molar-refractivity contribution in [3.05, 3.63) is 58.9 Å². The lowest BCUT2D eigenvalue weighted by Crippen LogP contribution is -2.39. The Kier molecular flexibility index (Phi) is 1.81. The van der Waals surface area contributed by atoms with E-state index in [4.69, 9.17) is 0 Å². The van der Waals surface area contributed by atoms with Gasteiger partial charge in [-0.1, -0.05) is 50.2 Å². The lowest BCUT2D eigenvalue weighted by molar-refractivity contribution is -0.493. The van der Waals surface area contributed by atoms with E-state index in [9.17, 15) is 0 Å². The quantitative estimate of drug-likeness (QED) is 0.301. The molecule has 0 spiro atoms. The molecule has 4 aromatic rings. The van der Waals surface area contributed by atoms with Crippen LogP contribution in [0.4, 0.5) is 0 Å². The fraction of sp³-hybridized carbons (Fsp3) is 0.286. The summed E-state index contributed by atoms with van der Waals surface area (Å²) in [6.45, 7) is 8.10. The van der Waals surface area contributed by atoms with Gasteiger partial charge in [0.2, 0.25) is 0 Å². The molecule has 4 heterocycles. The van der Waals surface area contributed by atoms with Gasteiger partial charge in [-0.2, -0.15) is 4.40 Å². The maximum atomic E-state index is 2.57. The highest BCUT2D eigenvalue weighted by atomic mass is 15.2. The number of pyridine rings is 1. The molecule has 0 unspecified atom stereocenters. The molecular weight excluding hydrogens is 280 g/mol. The van der Waals surface area contributed by atoms with Gasteiger partial charge in [0.1, 0.15) is 17.8 Å². The van der Waals surface area contributed by atoms with Crippen LogP contribution in [0.15, 0.2) is 36.4 Å². The van der Waals surface area contributed by atoms with Gasteiger partial charge < -0.3 is 0 Å². The number of hydrogen-bond donors (Lipinski definition) is 0. The highest BCUT2D eigenvalue weighted by molar-refractivity contribution is 6.12. The van der Waals surface area contributed by atoms with Crippen LogP contribution in [0.5, 0.6) is 0 Å². The monoisotopic (exact) mass is 299 g/mol. The van der Waals surface area contributed by atoms with E-state index in [2.05, 4.69) is 66.1 Å². The highest BCUT2D eigenvalue weighted by Gasteiger charge is 2.41. The van der Waals surface area contributed by atoms with Crippen LogP contribution in [-0.4, -0.2) is 4.57 Å². The zero-order valence-electron chi connectivity index (χ0n) is 13.8. The first kappa shape index (κ1) is 12.1. The number of para-hydroxylation sites is 1. The third-order valence-corrected chi connectivity index (χ3v) is 6.15. The summed E-state index contributed by atoms with van der Waals surface area (Å²) in [5, 5.41) is 4.29. The summed E-state index contributed by atoms with van der Waals surface area (Å²) in [7, 11) is 0. The summed E-state index contributed by atoms with van der Waals surface area (Å²) < 4.78 is 5.11. The van der Waals surface area contributed by atoms with Gasteiger partial charge in [0.25, 0.3) is 5.65 Å². The summed E-state index contributed by atoms with van der Waals surface area (Å²) in [6, 6.07) is 13.7. The van der Waals surface area contributed by atoms with E-state index in [1.54, 1.807) is 0 Å². The van der Waals surface area contributed by atoms with Crippen molar-refractivity contribution in [2.75, 3.05) is 0 Å². The average molecular weight is 299 g/mol. The van der Waals surface area contributed by atoms with Gasteiger partial charge in [-0.15, -0.1) is 0 Å². The van der Waals surface area contributed by atoms with E-state index in [0.29, 0.717) is 0 Å². The second-order valence-electron chi connectivity index (χ2n) is 7.88. The van der Waals surface area contributed by atoms with Gasteiger partial charge in [-0.05, 0) is 0 Å². The predicted molar refractivity (Wildman–Crippen MR) is 93.2 cm³/mol. The van der Waals surface area contributed by atoms with Crippen molar-refractivity contribution in [1.29, 1.82) is 0 Å². The SMILES string of the molecule is Cc1c2[n+]3c4c(cccc4c4cccc5c4c3n1C5)C(C)(C)C2. The average Bonchev–Trinajstić information content (AvgIpc) is 3.04. The number of benzene rings is 2. The second kappa shape index (κ2) is 3.43. The Bertz CT molecular complexity index is 1190. The minimum Gasteiger partial charge on any atom is -0.222 e. The summed E-state index contributed by atoms with van der Waals surface area (Å²) in [5.74, 6) is 0. The molecule has 0 fully saturated rings. The number of aromatic nitrogens is 2. The molecule has 112 valence electrons. The van der Waals surface area contributed by atoms with Crippen molar-refractivity contribution in [3.8, 4) is 0 Å². The smallest absolute Gasteiger partial charge is 0.222 e. The molecule has 2 heteroatoms. The fourth-order valence-corrected chi connectivity index (χ4v) is 5.07. The molecule has 0 bridgehead atoms. The summed E-state index contributed by atoms with van der Waals surface area (Å²) in [5.41, 5.74) is 8.94. The Hall–Kier alpha value is -2.35. The molecule has 2 aromatic carbocycles. The minimum absolute atomic E-state index is 0.188. The van der Waals surface area contributed by atoms with E-state index in [1.165, 1.54) is 49.8 Å². The Morgan fingerprint density at radius 3 is 2.70 bits per heavy atom. The van der Waals surface area contributed by atoms with E-state index in [0.717, 1.165) is 13.0 Å². The summed E-state index contributed by atoms with van der Waals surface area (Å²) >= 11 is 0. The number of fused-ring (bicyclic) bond motifs is 1. The number of nitrogens with zero attached hydrogens (tertiary/aromatic N) is 2. The number of imidazole rings is 1. The van der Waals surface area contributed by atoms with Crippen LogP contribution in [0, 0.1) is 6.92 Å². The first-order valence-corrected chi connectivity index (χ1v) is 8.48. The van der Waals surface area contributed by atoms with Gasteiger partial charge in [-0.3, -0.25) is 0 Å². The third kappa shape index (κ3) is 1.16. The normalized spacial score (nSPS) is 17.3. The van der Waals surface area contributed by atoms with Gasteiger partial charge in [-0.25, -0.2) is 4.57 Å². The minimum atomic E-state index is 0.188. The molecule has 2 nitrogen and oxygen atoms in total.